The number of rotatable bonds is 4. The van der Waals surface area contributed by atoms with Gasteiger partial charge in [-0.2, -0.15) is 0 Å². The Labute approximate surface area is 179 Å². The summed E-state index contributed by atoms with van der Waals surface area (Å²) in [7, 11) is 0. The number of benzene rings is 2. The molecule has 1 saturated heterocycles. The highest BCUT2D eigenvalue weighted by molar-refractivity contribution is 6.36. The fraction of sp³-hybridized carbons (Fsp3) is 0.292. The largest absolute Gasteiger partial charge is 0.336 e. The first-order chi connectivity index (χ1) is 14.4. The summed E-state index contributed by atoms with van der Waals surface area (Å²) in [6.45, 7) is 2.90. The van der Waals surface area contributed by atoms with Crippen LogP contribution >= 0.6 is 11.6 Å². The van der Waals surface area contributed by atoms with Crippen molar-refractivity contribution in [3.8, 4) is 0 Å². The van der Waals surface area contributed by atoms with Gasteiger partial charge in [-0.15, -0.1) is 0 Å². The van der Waals surface area contributed by atoms with Gasteiger partial charge in [0.25, 0.3) is 5.91 Å². The van der Waals surface area contributed by atoms with Crippen LogP contribution in [0.5, 0.6) is 0 Å². The summed E-state index contributed by atoms with van der Waals surface area (Å²) in [5, 5.41) is 1.43. The molecule has 0 unspecified atom stereocenters. The van der Waals surface area contributed by atoms with E-state index in [4.69, 9.17) is 11.6 Å². The number of amides is 1. The number of fused-ring (bicyclic) bond motifs is 1. The van der Waals surface area contributed by atoms with Crippen LogP contribution in [0.15, 0.2) is 48.7 Å². The number of halogens is 2. The quantitative estimate of drug-likeness (QED) is 0.562. The Bertz CT molecular complexity index is 1120. The van der Waals surface area contributed by atoms with Crippen LogP contribution in [0.2, 0.25) is 5.02 Å². The topological polar surface area (TPSA) is 50.3 Å². The summed E-state index contributed by atoms with van der Waals surface area (Å²) in [6, 6.07) is 11.9. The number of hydrogen-bond donors (Lipinski definition) is 0. The first kappa shape index (κ1) is 20.5. The summed E-state index contributed by atoms with van der Waals surface area (Å²) in [4.78, 5) is 31.2. The van der Waals surface area contributed by atoms with Gasteiger partial charge in [-0.25, -0.2) is 4.39 Å². The molecule has 2 heterocycles. The molecule has 1 aliphatic heterocycles. The van der Waals surface area contributed by atoms with Crippen LogP contribution in [0.1, 0.15) is 35.4 Å². The van der Waals surface area contributed by atoms with Gasteiger partial charge in [0.2, 0.25) is 5.78 Å². The standard InChI is InChI=1S/C24H22ClFN2O2/c1-15-12-18(25)3-2-17(15)13-23(29)24(30)28-10-7-16(8-11-28)20-6-9-27-22-5-4-19(26)14-21(20)22/h2-6,9,12,14,16H,7-8,10-11,13H2,1H3. The van der Waals surface area contributed by atoms with E-state index in [-0.39, 0.29) is 18.2 Å². The van der Waals surface area contributed by atoms with Crippen LogP contribution in [-0.4, -0.2) is 34.7 Å². The van der Waals surface area contributed by atoms with Gasteiger partial charge in [-0.3, -0.25) is 14.6 Å². The van der Waals surface area contributed by atoms with Gasteiger partial charge in [-0.05, 0) is 78.8 Å². The lowest BCUT2D eigenvalue weighted by molar-refractivity contribution is -0.145. The van der Waals surface area contributed by atoms with Crippen molar-refractivity contribution in [2.24, 2.45) is 0 Å². The van der Waals surface area contributed by atoms with Gasteiger partial charge < -0.3 is 4.90 Å². The molecule has 1 aliphatic rings. The molecule has 0 atom stereocenters. The molecule has 1 amide bonds. The van der Waals surface area contributed by atoms with E-state index in [1.807, 2.05) is 13.0 Å². The Morgan fingerprint density at radius 3 is 2.63 bits per heavy atom. The molecule has 0 radical (unpaired) electrons. The van der Waals surface area contributed by atoms with E-state index in [1.165, 1.54) is 12.1 Å². The molecule has 2 aromatic carbocycles. The first-order valence-electron chi connectivity index (χ1n) is 10.0. The van der Waals surface area contributed by atoms with Gasteiger partial charge >= 0.3 is 0 Å². The Hall–Kier alpha value is -2.79. The molecular weight excluding hydrogens is 403 g/mol. The minimum atomic E-state index is -0.437. The van der Waals surface area contributed by atoms with Crippen molar-refractivity contribution in [1.82, 2.24) is 9.88 Å². The average molecular weight is 425 g/mol. The van der Waals surface area contributed by atoms with E-state index in [0.717, 1.165) is 40.4 Å². The van der Waals surface area contributed by atoms with Gasteiger partial charge in [0.15, 0.2) is 0 Å². The number of aryl methyl sites for hydroxylation is 1. The number of hydrogen-bond acceptors (Lipinski definition) is 3. The number of ketones is 1. The van der Waals surface area contributed by atoms with Gasteiger partial charge in [0.1, 0.15) is 5.82 Å². The summed E-state index contributed by atoms with van der Waals surface area (Å²) in [5.74, 6) is -0.925. The summed E-state index contributed by atoms with van der Waals surface area (Å²) in [6.07, 6.45) is 3.28. The molecule has 4 rings (SSSR count). The van der Waals surface area contributed by atoms with E-state index in [1.54, 1.807) is 35.4 Å². The molecule has 154 valence electrons. The van der Waals surface area contributed by atoms with Gasteiger partial charge in [0, 0.05) is 36.1 Å². The maximum atomic E-state index is 13.7. The third-order valence-electron chi connectivity index (χ3n) is 5.85. The monoisotopic (exact) mass is 424 g/mol. The molecule has 0 N–H and O–H groups in total. The molecule has 0 aliphatic carbocycles. The minimum absolute atomic E-state index is 0.0794. The van der Waals surface area contributed by atoms with Gasteiger partial charge in [-0.1, -0.05) is 17.7 Å². The van der Waals surface area contributed by atoms with Crippen molar-refractivity contribution in [3.63, 3.8) is 0 Å². The number of nitrogens with zero attached hydrogens (tertiary/aromatic N) is 2. The fourth-order valence-electron chi connectivity index (χ4n) is 4.17. The number of Topliss-reactive ketones (excluding diaryl/α,β-unsaturated/α-hetero) is 1. The third-order valence-corrected chi connectivity index (χ3v) is 6.09. The molecule has 6 heteroatoms. The highest BCUT2D eigenvalue weighted by Gasteiger charge is 2.28. The second-order valence-electron chi connectivity index (χ2n) is 7.80. The lowest BCUT2D eigenvalue weighted by atomic mass is 9.87. The van der Waals surface area contributed by atoms with Crippen LogP contribution in [0.4, 0.5) is 4.39 Å². The smallest absolute Gasteiger partial charge is 0.290 e. The second-order valence-corrected chi connectivity index (χ2v) is 8.24. The second kappa shape index (κ2) is 8.52. The molecule has 0 saturated carbocycles. The molecular formula is C24H22ClFN2O2. The first-order valence-corrected chi connectivity index (χ1v) is 10.4. The summed E-state index contributed by atoms with van der Waals surface area (Å²) < 4.78 is 13.7. The summed E-state index contributed by atoms with van der Waals surface area (Å²) >= 11 is 5.96. The predicted molar refractivity (Wildman–Crippen MR) is 115 cm³/mol. The van der Waals surface area contributed by atoms with Crippen molar-refractivity contribution in [2.75, 3.05) is 13.1 Å². The van der Waals surface area contributed by atoms with Crippen LogP contribution in [0.3, 0.4) is 0 Å². The molecule has 4 nitrogen and oxygen atoms in total. The van der Waals surface area contributed by atoms with Crippen LogP contribution in [-0.2, 0) is 16.0 Å². The molecule has 3 aromatic rings. The Morgan fingerprint density at radius 2 is 1.90 bits per heavy atom. The fourth-order valence-corrected chi connectivity index (χ4v) is 4.40. The lowest BCUT2D eigenvalue weighted by Crippen LogP contribution is -2.42. The number of piperidine rings is 1. The average Bonchev–Trinajstić information content (AvgIpc) is 2.75. The SMILES string of the molecule is Cc1cc(Cl)ccc1CC(=O)C(=O)N1CCC(c2ccnc3ccc(F)cc23)CC1. The molecule has 0 bridgehead atoms. The number of aromatic nitrogens is 1. The van der Waals surface area contributed by atoms with Crippen molar-refractivity contribution >= 4 is 34.2 Å². The Balaban J connectivity index is 1.42. The zero-order valence-corrected chi connectivity index (χ0v) is 17.5. The van der Waals surface area contributed by atoms with Crippen molar-refractivity contribution in [2.45, 2.75) is 32.1 Å². The summed E-state index contributed by atoms with van der Waals surface area (Å²) in [5.41, 5.74) is 3.53. The number of likely N-dealkylation sites (tertiary alicyclic amines) is 1. The minimum Gasteiger partial charge on any atom is -0.336 e. The van der Waals surface area contributed by atoms with Gasteiger partial charge in [0.05, 0.1) is 5.52 Å². The predicted octanol–water partition coefficient (Wildman–Crippen LogP) is 4.85. The van der Waals surface area contributed by atoms with Crippen LogP contribution in [0.25, 0.3) is 10.9 Å². The van der Waals surface area contributed by atoms with Crippen LogP contribution in [0, 0.1) is 12.7 Å². The zero-order chi connectivity index (χ0) is 21.3. The Kier molecular flexibility index (Phi) is 5.82. The number of carbonyl (C=O) groups is 2. The highest BCUT2D eigenvalue weighted by Crippen LogP contribution is 2.33. The number of pyridine rings is 1. The molecule has 1 aromatic heterocycles. The van der Waals surface area contributed by atoms with Crippen molar-refractivity contribution < 1.29 is 14.0 Å². The van der Waals surface area contributed by atoms with Crippen molar-refractivity contribution in [1.29, 1.82) is 0 Å². The van der Waals surface area contributed by atoms with E-state index in [0.29, 0.717) is 18.1 Å². The normalized spacial score (nSPS) is 14.8. The van der Waals surface area contributed by atoms with E-state index in [9.17, 15) is 14.0 Å². The molecule has 0 spiro atoms. The van der Waals surface area contributed by atoms with E-state index < -0.39 is 11.7 Å². The number of carbonyl (C=O) groups excluding carboxylic acids is 2. The maximum Gasteiger partial charge on any atom is 0.290 e. The zero-order valence-electron chi connectivity index (χ0n) is 16.7. The van der Waals surface area contributed by atoms with Crippen LogP contribution < -0.4 is 0 Å². The maximum absolute atomic E-state index is 13.7. The molecule has 1 fully saturated rings. The Morgan fingerprint density at radius 1 is 1.13 bits per heavy atom. The van der Waals surface area contributed by atoms with E-state index in [2.05, 4.69) is 4.98 Å². The van der Waals surface area contributed by atoms with E-state index >= 15 is 0 Å². The lowest BCUT2D eigenvalue weighted by Gasteiger charge is -2.32. The third kappa shape index (κ3) is 4.21. The molecule has 30 heavy (non-hydrogen) atoms. The highest BCUT2D eigenvalue weighted by atomic mass is 35.5. The van der Waals surface area contributed by atoms with Crippen molar-refractivity contribution in [3.05, 3.63) is 76.2 Å².